The summed E-state index contributed by atoms with van der Waals surface area (Å²) in [5.41, 5.74) is 15.2. The molecule has 0 aliphatic heterocycles. The summed E-state index contributed by atoms with van der Waals surface area (Å²) in [7, 11) is 0. The van der Waals surface area contributed by atoms with Crippen LogP contribution in [0.5, 0.6) is 0 Å². The third kappa shape index (κ3) is 4.01. The van der Waals surface area contributed by atoms with Crippen LogP contribution in [0.1, 0.15) is 31.9 Å². The number of benzene rings is 6. The highest BCUT2D eigenvalue weighted by atomic mass is 15.0. The Hall–Kier alpha value is -5.14. The number of hydrogen-bond acceptors (Lipinski definition) is 0. The maximum atomic E-state index is 2.46. The van der Waals surface area contributed by atoms with Crippen LogP contribution < -0.4 is 0 Å². The van der Waals surface area contributed by atoms with Crippen molar-refractivity contribution >= 4 is 27.4 Å². The van der Waals surface area contributed by atoms with Gasteiger partial charge in [0.05, 0.1) is 16.7 Å². The smallest absolute Gasteiger partial charge is 0.0546 e. The van der Waals surface area contributed by atoms with E-state index in [0.717, 1.165) is 0 Å². The second kappa shape index (κ2) is 10.7. The molecule has 6 aromatic carbocycles. The average molecular weight is 540 g/mol. The predicted octanol–water partition coefficient (Wildman–Crippen LogP) is 11.6. The summed E-state index contributed by atoms with van der Waals surface area (Å²) >= 11 is 0. The molecule has 0 N–H and O–H groups in total. The van der Waals surface area contributed by atoms with E-state index in [9.17, 15) is 0 Å². The van der Waals surface area contributed by atoms with E-state index in [-0.39, 0.29) is 0 Å². The summed E-state index contributed by atoms with van der Waals surface area (Å²) in [6.45, 7) is 6.15. The molecule has 0 atom stereocenters. The molecule has 0 saturated heterocycles. The van der Waals surface area contributed by atoms with E-state index in [1.807, 2.05) is 13.8 Å². The minimum atomic E-state index is 1.23. The van der Waals surface area contributed by atoms with E-state index >= 15 is 0 Å². The Morgan fingerprint density at radius 3 is 1.86 bits per heavy atom. The van der Waals surface area contributed by atoms with Crippen LogP contribution in [-0.2, 0) is 0 Å². The highest BCUT2D eigenvalue weighted by molar-refractivity contribution is 6.12. The Morgan fingerprint density at radius 2 is 1.05 bits per heavy atom. The lowest BCUT2D eigenvalue weighted by Crippen LogP contribution is -1.98. The number of nitrogens with zero attached hydrogens (tertiary/aromatic N) is 1. The zero-order valence-corrected chi connectivity index (χ0v) is 24.3. The van der Waals surface area contributed by atoms with Crippen molar-refractivity contribution in [3.8, 4) is 39.1 Å². The van der Waals surface area contributed by atoms with Crippen molar-refractivity contribution in [2.75, 3.05) is 0 Å². The molecule has 0 radical (unpaired) electrons. The van der Waals surface area contributed by atoms with Crippen LogP contribution in [0.4, 0.5) is 0 Å². The fourth-order valence-electron chi connectivity index (χ4n) is 6.54. The van der Waals surface area contributed by atoms with Crippen LogP contribution in [0.25, 0.3) is 66.4 Å². The van der Waals surface area contributed by atoms with Crippen molar-refractivity contribution in [3.63, 3.8) is 0 Å². The lowest BCUT2D eigenvalue weighted by atomic mass is 9.98. The van der Waals surface area contributed by atoms with Gasteiger partial charge < -0.3 is 4.57 Å². The monoisotopic (exact) mass is 539 g/mol. The molecule has 0 unspecified atom stereocenters. The number of aromatic nitrogens is 1. The van der Waals surface area contributed by atoms with Crippen molar-refractivity contribution in [1.29, 1.82) is 0 Å². The van der Waals surface area contributed by atoms with Gasteiger partial charge >= 0.3 is 0 Å². The summed E-state index contributed by atoms with van der Waals surface area (Å²) in [5.74, 6) is 0. The molecule has 1 nitrogen and oxygen atoms in total. The zero-order chi connectivity index (χ0) is 28.6. The van der Waals surface area contributed by atoms with Gasteiger partial charge in [-0.15, -0.1) is 0 Å². The lowest BCUT2D eigenvalue weighted by Gasteiger charge is -2.14. The van der Waals surface area contributed by atoms with Gasteiger partial charge in [-0.2, -0.15) is 0 Å². The van der Waals surface area contributed by atoms with Gasteiger partial charge in [0, 0.05) is 16.3 Å². The molecule has 7 aromatic rings. The number of allylic oxidation sites excluding steroid dienone is 1. The molecule has 0 saturated carbocycles. The van der Waals surface area contributed by atoms with Crippen LogP contribution >= 0.6 is 0 Å². The predicted molar refractivity (Wildman–Crippen MR) is 181 cm³/mol. The van der Waals surface area contributed by atoms with Crippen LogP contribution in [0.2, 0.25) is 0 Å². The Morgan fingerprint density at radius 1 is 0.452 bits per heavy atom. The Labute approximate surface area is 248 Å². The van der Waals surface area contributed by atoms with Crippen molar-refractivity contribution in [2.45, 2.75) is 20.8 Å². The van der Waals surface area contributed by atoms with Crippen molar-refractivity contribution in [3.05, 3.63) is 157 Å². The van der Waals surface area contributed by atoms with Gasteiger partial charge in [-0.05, 0) is 81.8 Å². The zero-order valence-electron chi connectivity index (χ0n) is 24.3. The molecule has 0 spiro atoms. The minimum Gasteiger partial charge on any atom is -0.309 e. The molecule has 1 aliphatic rings. The quantitative estimate of drug-likeness (QED) is 0.210. The molecule has 1 heteroatoms. The molecular formula is C41H33N. The summed E-state index contributed by atoms with van der Waals surface area (Å²) in [4.78, 5) is 0. The number of rotatable bonds is 3. The van der Waals surface area contributed by atoms with Crippen molar-refractivity contribution in [2.24, 2.45) is 0 Å². The normalized spacial score (nSPS) is 12.7. The van der Waals surface area contributed by atoms with Crippen molar-refractivity contribution in [1.82, 2.24) is 4.57 Å². The molecule has 8 rings (SSSR count). The standard InChI is InChI=1S/C39H27N.C2H6/c1-2-30-31-16-6-7-17-32(31)34-19-11-21-38(39(30)34)40-36-20-9-8-18-33(36)35-25-29(22-23-37(35)40)28-15-10-14-27(24-28)26-12-4-3-5-13-26;1-2/h2-25H,1H3;1-2H3/b30-2-;. The first-order valence-corrected chi connectivity index (χ1v) is 14.9. The molecule has 0 fully saturated rings. The second-order valence-electron chi connectivity index (χ2n) is 10.5. The maximum Gasteiger partial charge on any atom is 0.0546 e. The van der Waals surface area contributed by atoms with E-state index in [0.29, 0.717) is 0 Å². The van der Waals surface area contributed by atoms with Gasteiger partial charge in [0.1, 0.15) is 0 Å². The molecule has 202 valence electrons. The third-order valence-electron chi connectivity index (χ3n) is 8.32. The molecular weight excluding hydrogens is 506 g/mol. The number of hydrogen-bond donors (Lipinski definition) is 0. The van der Waals surface area contributed by atoms with Crippen LogP contribution in [-0.4, -0.2) is 4.57 Å². The van der Waals surface area contributed by atoms with E-state index in [2.05, 4.69) is 157 Å². The molecule has 0 bridgehead atoms. The number of para-hydroxylation sites is 1. The summed E-state index contributed by atoms with van der Waals surface area (Å²) < 4.78 is 2.46. The fourth-order valence-corrected chi connectivity index (χ4v) is 6.54. The number of fused-ring (bicyclic) bond motifs is 6. The third-order valence-corrected chi connectivity index (χ3v) is 8.32. The Balaban J connectivity index is 0.00000141. The van der Waals surface area contributed by atoms with Crippen LogP contribution in [0.3, 0.4) is 0 Å². The minimum absolute atomic E-state index is 1.23. The van der Waals surface area contributed by atoms with Crippen LogP contribution in [0.15, 0.2) is 146 Å². The topological polar surface area (TPSA) is 4.93 Å². The van der Waals surface area contributed by atoms with Gasteiger partial charge in [-0.25, -0.2) is 0 Å². The maximum absolute atomic E-state index is 2.46. The van der Waals surface area contributed by atoms with Gasteiger partial charge in [0.2, 0.25) is 0 Å². The van der Waals surface area contributed by atoms with E-state index < -0.39 is 0 Å². The lowest BCUT2D eigenvalue weighted by molar-refractivity contribution is 1.17. The molecule has 1 heterocycles. The van der Waals surface area contributed by atoms with Gasteiger partial charge in [-0.3, -0.25) is 0 Å². The van der Waals surface area contributed by atoms with Gasteiger partial charge in [0.15, 0.2) is 0 Å². The summed E-state index contributed by atoms with van der Waals surface area (Å²) in [6.07, 6.45) is 2.26. The summed E-state index contributed by atoms with van der Waals surface area (Å²) in [5, 5.41) is 2.54. The summed E-state index contributed by atoms with van der Waals surface area (Å²) in [6, 6.07) is 50.7. The molecule has 1 aliphatic carbocycles. The molecule has 1 aromatic heterocycles. The molecule has 42 heavy (non-hydrogen) atoms. The highest BCUT2D eigenvalue weighted by Crippen LogP contribution is 2.48. The fraction of sp³-hybridized carbons (Fsp3) is 0.0732. The van der Waals surface area contributed by atoms with Gasteiger partial charge in [0.25, 0.3) is 0 Å². The van der Waals surface area contributed by atoms with Crippen molar-refractivity contribution < 1.29 is 0 Å². The van der Waals surface area contributed by atoms with Gasteiger partial charge in [-0.1, -0.05) is 129 Å². The Bertz CT molecular complexity index is 2110. The first-order chi connectivity index (χ1) is 20.8. The SMILES string of the molecule is C/C=C1/c2ccccc2-c2cccc(-n3c4ccccc4c4cc(-c5cccc(-c6ccccc6)c5)ccc43)c21.CC. The van der Waals surface area contributed by atoms with E-state index in [1.54, 1.807) is 0 Å². The van der Waals surface area contributed by atoms with E-state index in [1.165, 1.54) is 77.6 Å². The Kier molecular flexibility index (Phi) is 6.56. The highest BCUT2D eigenvalue weighted by Gasteiger charge is 2.27. The van der Waals surface area contributed by atoms with Crippen LogP contribution in [0, 0.1) is 0 Å². The first-order valence-electron chi connectivity index (χ1n) is 14.9. The first kappa shape index (κ1) is 25.8. The largest absolute Gasteiger partial charge is 0.309 e. The second-order valence-corrected chi connectivity index (χ2v) is 10.5. The average Bonchev–Trinajstić information content (AvgIpc) is 3.58. The molecule has 0 amide bonds. The van der Waals surface area contributed by atoms with E-state index in [4.69, 9.17) is 0 Å².